The Morgan fingerprint density at radius 2 is 2.14 bits per heavy atom. The summed E-state index contributed by atoms with van der Waals surface area (Å²) >= 11 is 0. The zero-order chi connectivity index (χ0) is 19.8. The van der Waals surface area contributed by atoms with Gasteiger partial charge < -0.3 is 15.0 Å². The van der Waals surface area contributed by atoms with Crippen molar-refractivity contribution in [2.24, 2.45) is 0 Å². The van der Waals surface area contributed by atoms with E-state index in [1.54, 1.807) is 22.9 Å². The van der Waals surface area contributed by atoms with Gasteiger partial charge >= 0.3 is 5.97 Å². The van der Waals surface area contributed by atoms with Crippen molar-refractivity contribution in [2.45, 2.75) is 12.5 Å². The van der Waals surface area contributed by atoms with Crippen LogP contribution in [0.25, 0.3) is 27.8 Å². The lowest BCUT2D eigenvalue weighted by Crippen LogP contribution is -2.37. The fourth-order valence-corrected chi connectivity index (χ4v) is 3.39. The van der Waals surface area contributed by atoms with Gasteiger partial charge in [-0.25, -0.2) is 9.48 Å². The highest BCUT2D eigenvalue weighted by atomic mass is 16.5. The van der Waals surface area contributed by atoms with Gasteiger partial charge in [-0.3, -0.25) is 4.79 Å². The van der Waals surface area contributed by atoms with Crippen LogP contribution < -0.4 is 5.32 Å². The van der Waals surface area contributed by atoms with Gasteiger partial charge in [0.25, 0.3) is 5.91 Å². The lowest BCUT2D eigenvalue weighted by Gasteiger charge is -2.09. The van der Waals surface area contributed by atoms with Gasteiger partial charge in [-0.2, -0.15) is 0 Å². The normalized spacial score (nSPS) is 16.1. The number of carbonyl (C=O) groups excluding carboxylic acids is 2. The van der Waals surface area contributed by atoms with Gasteiger partial charge in [0.1, 0.15) is 11.7 Å². The molecule has 1 atom stereocenters. The Bertz CT molecular complexity index is 1230. The van der Waals surface area contributed by atoms with Crippen LogP contribution in [0, 0.1) is 0 Å². The van der Waals surface area contributed by atoms with Crippen molar-refractivity contribution >= 4 is 22.8 Å². The average molecular weight is 387 g/mol. The zero-order valence-electron chi connectivity index (χ0n) is 15.3. The van der Waals surface area contributed by atoms with Gasteiger partial charge in [-0.05, 0) is 35.7 Å². The summed E-state index contributed by atoms with van der Waals surface area (Å²) in [5.74, 6) is -0.711. The zero-order valence-corrected chi connectivity index (χ0v) is 15.3. The number of hydrogen-bond acceptors (Lipinski definition) is 5. The number of nitrogens with one attached hydrogen (secondary N) is 2. The summed E-state index contributed by atoms with van der Waals surface area (Å²) in [6.07, 6.45) is 4.20. The van der Waals surface area contributed by atoms with Gasteiger partial charge in [-0.1, -0.05) is 23.4 Å². The minimum Gasteiger partial charge on any atom is -0.464 e. The first-order valence-corrected chi connectivity index (χ1v) is 9.25. The van der Waals surface area contributed by atoms with E-state index in [4.69, 9.17) is 4.74 Å². The number of cyclic esters (lactones) is 1. The van der Waals surface area contributed by atoms with Crippen LogP contribution in [0.5, 0.6) is 0 Å². The molecule has 144 valence electrons. The highest BCUT2D eigenvalue weighted by Crippen LogP contribution is 2.21. The molecule has 8 nitrogen and oxygen atoms in total. The molecule has 5 rings (SSSR count). The molecule has 2 aromatic carbocycles. The first-order valence-electron chi connectivity index (χ1n) is 9.25. The number of aromatic amines is 1. The van der Waals surface area contributed by atoms with Crippen LogP contribution in [0.3, 0.4) is 0 Å². The number of ether oxygens (including phenoxy) is 1. The maximum Gasteiger partial charge on any atom is 0.328 e. The summed E-state index contributed by atoms with van der Waals surface area (Å²) in [5.41, 5.74) is 3.76. The number of hydrogen-bond donors (Lipinski definition) is 2. The molecule has 8 heteroatoms. The molecule has 1 aliphatic heterocycles. The van der Waals surface area contributed by atoms with E-state index in [9.17, 15) is 9.59 Å². The summed E-state index contributed by atoms with van der Waals surface area (Å²) in [5, 5.41) is 12.3. The SMILES string of the molecule is O=C(N[C@H]1CCOC1=O)c1cccc(-c2cn(-c3ccc4cc[nH]c4c3)nn2)c1. The molecule has 29 heavy (non-hydrogen) atoms. The van der Waals surface area contributed by atoms with Crippen LogP contribution in [-0.4, -0.2) is 44.5 Å². The van der Waals surface area contributed by atoms with Gasteiger partial charge in [0.05, 0.1) is 18.5 Å². The van der Waals surface area contributed by atoms with E-state index in [-0.39, 0.29) is 5.91 Å². The molecule has 0 radical (unpaired) electrons. The third-order valence-corrected chi connectivity index (χ3v) is 4.96. The Kier molecular flexibility index (Phi) is 4.09. The Labute approximate surface area is 165 Å². The molecular weight excluding hydrogens is 370 g/mol. The summed E-state index contributed by atoms with van der Waals surface area (Å²) in [6.45, 7) is 0.335. The molecular formula is C21H17N5O3. The molecule has 1 fully saturated rings. The topological polar surface area (TPSA) is 102 Å². The quantitative estimate of drug-likeness (QED) is 0.524. The van der Waals surface area contributed by atoms with Crippen LogP contribution in [0.4, 0.5) is 0 Å². The second-order valence-electron chi connectivity index (χ2n) is 6.86. The fraction of sp³-hybridized carbons (Fsp3) is 0.143. The van der Waals surface area contributed by atoms with Crippen molar-refractivity contribution in [3.63, 3.8) is 0 Å². The molecule has 1 aliphatic rings. The van der Waals surface area contributed by atoms with E-state index < -0.39 is 12.0 Å². The van der Waals surface area contributed by atoms with Crippen LogP contribution in [0.15, 0.2) is 60.9 Å². The van der Waals surface area contributed by atoms with Crippen LogP contribution in [0.2, 0.25) is 0 Å². The van der Waals surface area contributed by atoms with Crippen molar-refractivity contribution in [1.29, 1.82) is 0 Å². The highest BCUT2D eigenvalue weighted by Gasteiger charge is 2.28. The molecule has 4 aromatic rings. The Balaban J connectivity index is 1.39. The van der Waals surface area contributed by atoms with Gasteiger partial charge in [-0.15, -0.1) is 5.10 Å². The predicted octanol–water partition coefficient (Wildman–Crippen LogP) is 2.46. The number of nitrogens with zero attached hydrogens (tertiary/aromatic N) is 3. The van der Waals surface area contributed by atoms with Gasteiger partial charge in [0.2, 0.25) is 0 Å². The first-order chi connectivity index (χ1) is 14.2. The molecule has 1 saturated heterocycles. The van der Waals surface area contributed by atoms with E-state index in [2.05, 4.69) is 20.6 Å². The lowest BCUT2D eigenvalue weighted by atomic mass is 10.1. The number of H-pyrrole nitrogens is 1. The second-order valence-corrected chi connectivity index (χ2v) is 6.86. The molecule has 2 aromatic heterocycles. The van der Waals surface area contributed by atoms with Crippen molar-refractivity contribution in [2.75, 3.05) is 6.61 Å². The lowest BCUT2D eigenvalue weighted by molar-refractivity contribution is -0.139. The number of rotatable bonds is 4. The van der Waals surface area contributed by atoms with E-state index in [1.165, 1.54) is 0 Å². The van der Waals surface area contributed by atoms with Gasteiger partial charge in [0, 0.05) is 29.3 Å². The summed E-state index contributed by atoms with van der Waals surface area (Å²) in [6, 6.07) is 14.5. The summed E-state index contributed by atoms with van der Waals surface area (Å²) < 4.78 is 6.58. The first kappa shape index (κ1) is 17.2. The van der Waals surface area contributed by atoms with Crippen LogP contribution >= 0.6 is 0 Å². The standard InChI is InChI=1S/C21H17N5O3/c27-20(23-17-7-9-29-21(17)28)15-3-1-2-14(10-15)19-12-26(25-24-19)16-5-4-13-6-8-22-18(13)11-16/h1-6,8,10-12,17,22H,7,9H2,(H,23,27)/t17-/m0/s1. The molecule has 0 bridgehead atoms. The van der Waals surface area contributed by atoms with Gasteiger partial charge in [0.15, 0.2) is 0 Å². The minimum absolute atomic E-state index is 0.319. The molecule has 3 heterocycles. The molecule has 0 spiro atoms. The maximum absolute atomic E-state index is 12.5. The maximum atomic E-state index is 12.5. The van der Waals surface area contributed by atoms with Crippen LogP contribution in [0.1, 0.15) is 16.8 Å². The Morgan fingerprint density at radius 1 is 1.21 bits per heavy atom. The van der Waals surface area contributed by atoms with Crippen molar-refractivity contribution in [3.8, 4) is 16.9 Å². The monoisotopic (exact) mass is 387 g/mol. The molecule has 1 amide bonds. The summed E-state index contributed by atoms with van der Waals surface area (Å²) in [7, 11) is 0. The van der Waals surface area contributed by atoms with E-state index in [0.717, 1.165) is 22.2 Å². The largest absolute Gasteiger partial charge is 0.464 e. The highest BCUT2D eigenvalue weighted by molar-refractivity contribution is 5.98. The number of benzene rings is 2. The summed E-state index contributed by atoms with van der Waals surface area (Å²) in [4.78, 5) is 27.2. The Hall–Kier alpha value is -3.94. The number of aromatic nitrogens is 4. The Morgan fingerprint density at radius 3 is 3.00 bits per heavy atom. The second kappa shape index (κ2) is 6.90. The van der Waals surface area contributed by atoms with Crippen molar-refractivity contribution in [3.05, 3.63) is 66.5 Å². The number of amides is 1. The predicted molar refractivity (Wildman–Crippen MR) is 105 cm³/mol. The number of fused-ring (bicyclic) bond motifs is 1. The number of esters is 1. The van der Waals surface area contributed by atoms with Crippen LogP contribution in [-0.2, 0) is 9.53 Å². The minimum atomic E-state index is -0.588. The van der Waals surface area contributed by atoms with Crippen molar-refractivity contribution < 1.29 is 14.3 Å². The molecule has 0 saturated carbocycles. The van der Waals surface area contributed by atoms with E-state index in [1.807, 2.05) is 42.7 Å². The smallest absolute Gasteiger partial charge is 0.328 e. The number of carbonyl (C=O) groups is 2. The van der Waals surface area contributed by atoms with Crippen molar-refractivity contribution in [1.82, 2.24) is 25.3 Å². The third-order valence-electron chi connectivity index (χ3n) is 4.96. The third kappa shape index (κ3) is 3.25. The molecule has 0 aliphatic carbocycles. The molecule has 0 unspecified atom stereocenters. The fourth-order valence-electron chi connectivity index (χ4n) is 3.39. The van der Waals surface area contributed by atoms with E-state index in [0.29, 0.717) is 24.3 Å². The molecule has 2 N–H and O–H groups in total. The van der Waals surface area contributed by atoms with E-state index >= 15 is 0 Å². The average Bonchev–Trinajstić information content (AvgIpc) is 3.49.